The van der Waals surface area contributed by atoms with Gasteiger partial charge in [-0.2, -0.15) is 0 Å². The molecule has 0 radical (unpaired) electrons. The third-order valence-corrected chi connectivity index (χ3v) is 5.18. The fraction of sp³-hybridized carbons (Fsp3) is 0.750. The van der Waals surface area contributed by atoms with Crippen molar-refractivity contribution >= 4 is 27.7 Å². The Kier molecular flexibility index (Phi) is 4.33. The number of carbonyl (C=O) groups excluding carboxylic acids is 3. The van der Waals surface area contributed by atoms with Crippen molar-refractivity contribution in [1.29, 1.82) is 0 Å². The van der Waals surface area contributed by atoms with Crippen LogP contribution in [0.2, 0.25) is 0 Å². The zero-order valence-corrected chi connectivity index (χ0v) is 12.9. The van der Waals surface area contributed by atoms with Gasteiger partial charge >= 0.3 is 0 Å². The first-order valence-electron chi connectivity index (χ1n) is 6.79. The van der Waals surface area contributed by atoms with Crippen LogP contribution in [0.15, 0.2) is 0 Å². The minimum Gasteiger partial charge on any atom is -0.321 e. The summed E-state index contributed by atoms with van der Waals surface area (Å²) in [4.78, 5) is 36.7. The van der Waals surface area contributed by atoms with E-state index in [0.29, 0.717) is 19.4 Å². The number of nitrogens with one attached hydrogen (secondary N) is 1. The summed E-state index contributed by atoms with van der Waals surface area (Å²) in [6.45, 7) is 1.90. The molecule has 0 bridgehead atoms. The van der Waals surface area contributed by atoms with Crippen LogP contribution in [0.25, 0.3) is 0 Å². The van der Waals surface area contributed by atoms with E-state index in [1.807, 2.05) is 0 Å². The van der Waals surface area contributed by atoms with E-state index in [1.165, 1.54) is 9.21 Å². The van der Waals surface area contributed by atoms with Gasteiger partial charge in [-0.05, 0) is 19.8 Å². The van der Waals surface area contributed by atoms with Crippen LogP contribution in [-0.2, 0) is 24.4 Å². The number of imide groups is 1. The SMILES string of the molecule is CC1C(=O)NC(=O)CN1C(=O)C1CCCN(S(C)(=O)=O)C1. The van der Waals surface area contributed by atoms with Gasteiger partial charge in [0.25, 0.3) is 0 Å². The average molecular weight is 317 g/mol. The molecule has 2 heterocycles. The molecule has 8 nitrogen and oxygen atoms in total. The highest BCUT2D eigenvalue weighted by atomic mass is 32.2. The van der Waals surface area contributed by atoms with Crippen LogP contribution in [0.5, 0.6) is 0 Å². The van der Waals surface area contributed by atoms with Gasteiger partial charge in [0.2, 0.25) is 27.7 Å². The quantitative estimate of drug-likeness (QED) is 0.626. The standard InChI is InChI=1S/C12H19N3O5S/c1-8-11(17)13-10(16)7-15(8)12(18)9-4-3-5-14(6-9)21(2,19)20/h8-9H,3-7H2,1-2H3,(H,13,16,17). The average Bonchev–Trinajstić information content (AvgIpc) is 2.41. The zero-order chi connectivity index (χ0) is 15.8. The summed E-state index contributed by atoms with van der Waals surface area (Å²) in [6, 6.07) is -0.719. The lowest BCUT2D eigenvalue weighted by atomic mass is 9.97. The highest BCUT2D eigenvalue weighted by molar-refractivity contribution is 7.88. The van der Waals surface area contributed by atoms with E-state index in [2.05, 4.69) is 5.32 Å². The molecule has 2 fully saturated rings. The van der Waals surface area contributed by atoms with Gasteiger partial charge in [-0.15, -0.1) is 0 Å². The molecule has 0 aromatic rings. The Hall–Kier alpha value is -1.48. The molecule has 2 atom stereocenters. The summed E-state index contributed by atoms with van der Waals surface area (Å²) in [6.07, 6.45) is 2.26. The predicted molar refractivity (Wildman–Crippen MR) is 73.5 cm³/mol. The van der Waals surface area contributed by atoms with Gasteiger partial charge in [0.1, 0.15) is 12.6 Å². The van der Waals surface area contributed by atoms with Gasteiger partial charge in [-0.3, -0.25) is 19.7 Å². The van der Waals surface area contributed by atoms with E-state index in [0.717, 1.165) is 6.26 Å². The molecule has 0 aromatic heterocycles. The second-order valence-electron chi connectivity index (χ2n) is 5.51. The Balaban J connectivity index is 2.12. The number of rotatable bonds is 2. The summed E-state index contributed by atoms with van der Waals surface area (Å²) in [5, 5.41) is 2.17. The number of hydrogen-bond donors (Lipinski definition) is 1. The van der Waals surface area contributed by atoms with Crippen molar-refractivity contribution in [3.8, 4) is 0 Å². The first-order chi connectivity index (χ1) is 9.70. The largest absolute Gasteiger partial charge is 0.321 e. The van der Waals surface area contributed by atoms with Gasteiger partial charge in [0.15, 0.2) is 0 Å². The van der Waals surface area contributed by atoms with Gasteiger partial charge in [-0.1, -0.05) is 0 Å². The van der Waals surface area contributed by atoms with Crippen molar-refractivity contribution in [2.75, 3.05) is 25.9 Å². The Morgan fingerprint density at radius 1 is 1.33 bits per heavy atom. The topological polar surface area (TPSA) is 104 Å². The summed E-state index contributed by atoms with van der Waals surface area (Å²) in [5.41, 5.74) is 0. The van der Waals surface area contributed by atoms with Crippen LogP contribution in [0.1, 0.15) is 19.8 Å². The van der Waals surface area contributed by atoms with E-state index < -0.39 is 33.8 Å². The molecule has 0 aliphatic carbocycles. The number of sulfonamides is 1. The molecule has 1 N–H and O–H groups in total. The van der Waals surface area contributed by atoms with E-state index >= 15 is 0 Å². The summed E-state index contributed by atoms with van der Waals surface area (Å²) >= 11 is 0. The van der Waals surface area contributed by atoms with Crippen LogP contribution in [0, 0.1) is 5.92 Å². The van der Waals surface area contributed by atoms with Crippen molar-refractivity contribution in [2.24, 2.45) is 5.92 Å². The lowest BCUT2D eigenvalue weighted by Crippen LogP contribution is -2.60. The van der Waals surface area contributed by atoms with E-state index in [-0.39, 0.29) is 19.0 Å². The number of nitrogens with zero attached hydrogens (tertiary/aromatic N) is 2. The Morgan fingerprint density at radius 3 is 2.62 bits per heavy atom. The fourth-order valence-corrected chi connectivity index (χ4v) is 3.57. The number of hydrogen-bond acceptors (Lipinski definition) is 5. The first kappa shape index (κ1) is 15.9. The molecule has 118 valence electrons. The maximum atomic E-state index is 12.5. The third kappa shape index (κ3) is 3.41. The van der Waals surface area contributed by atoms with Crippen LogP contribution in [0.3, 0.4) is 0 Å². The van der Waals surface area contributed by atoms with Gasteiger partial charge in [0, 0.05) is 13.1 Å². The summed E-state index contributed by atoms with van der Waals surface area (Å²) in [7, 11) is -3.34. The molecule has 2 saturated heterocycles. The molecule has 9 heteroatoms. The van der Waals surface area contributed by atoms with Crippen molar-refractivity contribution < 1.29 is 22.8 Å². The minimum absolute atomic E-state index is 0.108. The molecular weight excluding hydrogens is 298 g/mol. The van der Waals surface area contributed by atoms with Crippen molar-refractivity contribution in [2.45, 2.75) is 25.8 Å². The van der Waals surface area contributed by atoms with Crippen LogP contribution < -0.4 is 5.32 Å². The number of piperazine rings is 1. The minimum atomic E-state index is -3.34. The van der Waals surface area contributed by atoms with Crippen molar-refractivity contribution in [3.63, 3.8) is 0 Å². The number of piperidine rings is 1. The second-order valence-corrected chi connectivity index (χ2v) is 7.50. The molecule has 3 amide bonds. The number of carbonyl (C=O) groups is 3. The molecular formula is C12H19N3O5S. The fourth-order valence-electron chi connectivity index (χ4n) is 2.66. The lowest BCUT2D eigenvalue weighted by molar-refractivity contribution is -0.152. The Labute approximate surface area is 123 Å². The van der Waals surface area contributed by atoms with Crippen LogP contribution in [-0.4, -0.2) is 67.3 Å². The smallest absolute Gasteiger partial charge is 0.249 e. The molecule has 2 aliphatic heterocycles. The van der Waals surface area contributed by atoms with Crippen molar-refractivity contribution in [1.82, 2.24) is 14.5 Å². The highest BCUT2D eigenvalue weighted by Crippen LogP contribution is 2.22. The molecule has 0 spiro atoms. The van der Waals surface area contributed by atoms with E-state index in [1.54, 1.807) is 6.92 Å². The monoisotopic (exact) mass is 317 g/mol. The zero-order valence-electron chi connectivity index (χ0n) is 12.0. The summed E-state index contributed by atoms with van der Waals surface area (Å²) in [5.74, 6) is -1.86. The van der Waals surface area contributed by atoms with Crippen LogP contribution in [0.4, 0.5) is 0 Å². The molecule has 2 rings (SSSR count). The molecule has 0 aromatic carbocycles. The lowest BCUT2D eigenvalue weighted by Gasteiger charge is -2.37. The third-order valence-electron chi connectivity index (χ3n) is 3.91. The Bertz CT molecular complexity index is 573. The molecule has 21 heavy (non-hydrogen) atoms. The van der Waals surface area contributed by atoms with Gasteiger partial charge in [-0.25, -0.2) is 12.7 Å². The first-order valence-corrected chi connectivity index (χ1v) is 8.64. The highest BCUT2D eigenvalue weighted by Gasteiger charge is 2.39. The normalized spacial score (nSPS) is 28.4. The number of amides is 3. The predicted octanol–water partition coefficient (Wildman–Crippen LogP) is -1.47. The van der Waals surface area contributed by atoms with E-state index in [9.17, 15) is 22.8 Å². The molecule has 2 unspecified atom stereocenters. The maximum absolute atomic E-state index is 12.5. The second kappa shape index (κ2) is 5.72. The van der Waals surface area contributed by atoms with Crippen molar-refractivity contribution in [3.05, 3.63) is 0 Å². The van der Waals surface area contributed by atoms with E-state index in [4.69, 9.17) is 0 Å². The maximum Gasteiger partial charge on any atom is 0.249 e. The Morgan fingerprint density at radius 2 is 2.00 bits per heavy atom. The summed E-state index contributed by atoms with van der Waals surface area (Å²) < 4.78 is 24.4. The molecule has 0 saturated carbocycles. The van der Waals surface area contributed by atoms with Crippen LogP contribution >= 0.6 is 0 Å². The molecule has 2 aliphatic rings. The van der Waals surface area contributed by atoms with Gasteiger partial charge < -0.3 is 4.90 Å². The van der Waals surface area contributed by atoms with Gasteiger partial charge in [0.05, 0.1) is 12.2 Å².